The summed E-state index contributed by atoms with van der Waals surface area (Å²) >= 11 is 0. The molecule has 1 aromatic rings. The van der Waals surface area contributed by atoms with E-state index in [4.69, 9.17) is 0 Å². The first-order valence-corrected chi connectivity index (χ1v) is 4.17. The van der Waals surface area contributed by atoms with Crippen molar-refractivity contribution in [1.82, 2.24) is 19.7 Å². The maximum absolute atomic E-state index is 11.1. The maximum Gasteiger partial charge on any atom is 0.343 e. The molecular weight excluding hydrogens is 156 g/mol. The second kappa shape index (κ2) is 2.75. The summed E-state index contributed by atoms with van der Waals surface area (Å²) in [4.78, 5) is 13.3. The van der Waals surface area contributed by atoms with E-state index in [-0.39, 0.29) is 5.69 Å². The van der Waals surface area contributed by atoms with Gasteiger partial charge in [-0.1, -0.05) is 6.92 Å². The summed E-state index contributed by atoms with van der Waals surface area (Å²) in [5, 5.41) is 6.39. The lowest BCUT2D eigenvalue weighted by molar-refractivity contribution is 0.226. The Morgan fingerprint density at radius 1 is 1.58 bits per heavy atom. The van der Waals surface area contributed by atoms with Gasteiger partial charge in [0, 0.05) is 13.1 Å². The summed E-state index contributed by atoms with van der Waals surface area (Å²) in [6, 6.07) is 0. The fourth-order valence-corrected chi connectivity index (χ4v) is 1.49. The standard InChI is InChI=1S/C7H12N4O/c1-2-10-3-4-11-6(5-10)8-9-7(11)12/h2-5H2,1H3,(H,9,12). The average molecular weight is 168 g/mol. The molecule has 0 spiro atoms. The van der Waals surface area contributed by atoms with Crippen molar-refractivity contribution < 1.29 is 0 Å². The summed E-state index contributed by atoms with van der Waals surface area (Å²) in [6.07, 6.45) is 0. The quantitative estimate of drug-likeness (QED) is 0.609. The summed E-state index contributed by atoms with van der Waals surface area (Å²) in [6.45, 7) is 5.62. The number of nitrogens with one attached hydrogen (secondary N) is 1. The molecule has 5 nitrogen and oxygen atoms in total. The number of aromatic amines is 1. The molecule has 0 aliphatic carbocycles. The molecule has 12 heavy (non-hydrogen) atoms. The lowest BCUT2D eigenvalue weighted by Gasteiger charge is -2.24. The van der Waals surface area contributed by atoms with Crippen molar-refractivity contribution in [2.75, 3.05) is 13.1 Å². The van der Waals surface area contributed by atoms with Crippen LogP contribution in [0.4, 0.5) is 0 Å². The van der Waals surface area contributed by atoms with E-state index in [1.807, 2.05) is 0 Å². The molecular formula is C7H12N4O. The minimum Gasteiger partial charge on any atom is -0.294 e. The van der Waals surface area contributed by atoms with Crippen LogP contribution in [0.15, 0.2) is 4.79 Å². The van der Waals surface area contributed by atoms with Gasteiger partial charge in [-0.15, -0.1) is 0 Å². The zero-order chi connectivity index (χ0) is 8.55. The second-order valence-corrected chi connectivity index (χ2v) is 2.97. The zero-order valence-corrected chi connectivity index (χ0v) is 7.08. The van der Waals surface area contributed by atoms with Crippen molar-refractivity contribution in [2.24, 2.45) is 0 Å². The molecule has 2 heterocycles. The highest BCUT2D eigenvalue weighted by Gasteiger charge is 2.17. The van der Waals surface area contributed by atoms with Crippen molar-refractivity contribution in [3.05, 3.63) is 16.3 Å². The van der Waals surface area contributed by atoms with Crippen molar-refractivity contribution >= 4 is 0 Å². The Morgan fingerprint density at radius 3 is 3.17 bits per heavy atom. The summed E-state index contributed by atoms with van der Waals surface area (Å²) in [5.41, 5.74) is -0.0826. The van der Waals surface area contributed by atoms with Gasteiger partial charge in [-0.05, 0) is 6.54 Å². The third-order valence-electron chi connectivity index (χ3n) is 2.29. The van der Waals surface area contributed by atoms with Gasteiger partial charge in [-0.2, -0.15) is 5.10 Å². The number of hydrogen-bond donors (Lipinski definition) is 1. The number of fused-ring (bicyclic) bond motifs is 1. The van der Waals surface area contributed by atoms with E-state index in [1.165, 1.54) is 0 Å². The molecule has 1 aliphatic heterocycles. The van der Waals surface area contributed by atoms with Gasteiger partial charge in [-0.25, -0.2) is 9.89 Å². The van der Waals surface area contributed by atoms with Crippen LogP contribution in [-0.2, 0) is 13.1 Å². The van der Waals surface area contributed by atoms with Gasteiger partial charge in [0.15, 0.2) is 0 Å². The maximum atomic E-state index is 11.1. The van der Waals surface area contributed by atoms with Crippen LogP contribution in [-0.4, -0.2) is 32.8 Å². The number of likely N-dealkylation sites (N-methyl/N-ethyl adjacent to an activating group) is 1. The number of rotatable bonds is 1. The molecule has 0 atom stereocenters. The predicted molar refractivity (Wildman–Crippen MR) is 43.8 cm³/mol. The van der Waals surface area contributed by atoms with Gasteiger partial charge in [0.25, 0.3) is 0 Å². The normalized spacial score (nSPS) is 17.8. The van der Waals surface area contributed by atoms with Gasteiger partial charge in [-0.3, -0.25) is 9.47 Å². The Morgan fingerprint density at radius 2 is 2.42 bits per heavy atom. The van der Waals surface area contributed by atoms with Crippen LogP contribution in [0.5, 0.6) is 0 Å². The minimum atomic E-state index is -0.0826. The Labute approximate surface area is 70.0 Å². The average Bonchev–Trinajstić information content (AvgIpc) is 2.47. The minimum absolute atomic E-state index is 0.0826. The summed E-state index contributed by atoms with van der Waals surface area (Å²) in [7, 11) is 0. The SMILES string of the molecule is CCN1CCn2c(n[nH]c2=O)C1. The molecule has 0 saturated carbocycles. The fourth-order valence-electron chi connectivity index (χ4n) is 1.49. The molecule has 0 radical (unpaired) electrons. The van der Waals surface area contributed by atoms with E-state index in [0.29, 0.717) is 0 Å². The van der Waals surface area contributed by atoms with Crippen LogP contribution in [0.3, 0.4) is 0 Å². The molecule has 5 heteroatoms. The van der Waals surface area contributed by atoms with Gasteiger partial charge < -0.3 is 0 Å². The van der Waals surface area contributed by atoms with Gasteiger partial charge in [0.1, 0.15) is 5.82 Å². The molecule has 0 bridgehead atoms. The van der Waals surface area contributed by atoms with Crippen LogP contribution in [0.1, 0.15) is 12.7 Å². The molecule has 0 amide bonds. The molecule has 0 fully saturated rings. The van der Waals surface area contributed by atoms with E-state index in [1.54, 1.807) is 4.57 Å². The van der Waals surface area contributed by atoms with Crippen molar-refractivity contribution in [3.8, 4) is 0 Å². The molecule has 66 valence electrons. The predicted octanol–water partition coefficient (Wildman–Crippen LogP) is -0.593. The Bertz CT molecular complexity index is 326. The molecule has 2 rings (SSSR count). The number of aromatic nitrogens is 3. The second-order valence-electron chi connectivity index (χ2n) is 2.97. The largest absolute Gasteiger partial charge is 0.343 e. The third kappa shape index (κ3) is 1.06. The smallest absolute Gasteiger partial charge is 0.294 e. The topological polar surface area (TPSA) is 53.9 Å². The van der Waals surface area contributed by atoms with E-state index in [0.717, 1.165) is 32.0 Å². The molecule has 1 N–H and O–H groups in total. The first-order chi connectivity index (χ1) is 5.81. The molecule has 0 saturated heterocycles. The molecule has 1 aromatic heterocycles. The van der Waals surface area contributed by atoms with E-state index in [2.05, 4.69) is 22.0 Å². The first kappa shape index (κ1) is 7.54. The van der Waals surface area contributed by atoms with Crippen molar-refractivity contribution in [1.29, 1.82) is 0 Å². The Hall–Kier alpha value is -1.10. The molecule has 1 aliphatic rings. The Balaban J connectivity index is 2.30. The van der Waals surface area contributed by atoms with Crippen molar-refractivity contribution in [2.45, 2.75) is 20.0 Å². The number of nitrogens with zero attached hydrogens (tertiary/aromatic N) is 3. The number of H-pyrrole nitrogens is 1. The highest BCUT2D eigenvalue weighted by atomic mass is 16.1. The monoisotopic (exact) mass is 168 g/mol. The summed E-state index contributed by atoms with van der Waals surface area (Å²) in [5.74, 6) is 0.855. The van der Waals surface area contributed by atoms with E-state index in [9.17, 15) is 4.79 Å². The first-order valence-electron chi connectivity index (χ1n) is 4.17. The van der Waals surface area contributed by atoms with Crippen LogP contribution in [0.2, 0.25) is 0 Å². The van der Waals surface area contributed by atoms with Gasteiger partial charge >= 0.3 is 5.69 Å². The Kier molecular flexibility index (Phi) is 1.73. The highest BCUT2D eigenvalue weighted by Crippen LogP contribution is 2.05. The van der Waals surface area contributed by atoms with Crippen LogP contribution in [0.25, 0.3) is 0 Å². The van der Waals surface area contributed by atoms with E-state index >= 15 is 0 Å². The number of hydrogen-bond acceptors (Lipinski definition) is 3. The summed E-state index contributed by atoms with van der Waals surface area (Å²) < 4.78 is 1.70. The van der Waals surface area contributed by atoms with Crippen LogP contribution >= 0.6 is 0 Å². The van der Waals surface area contributed by atoms with E-state index < -0.39 is 0 Å². The molecule has 0 unspecified atom stereocenters. The van der Waals surface area contributed by atoms with Crippen molar-refractivity contribution in [3.63, 3.8) is 0 Å². The van der Waals surface area contributed by atoms with Crippen LogP contribution in [0, 0.1) is 0 Å². The lowest BCUT2D eigenvalue weighted by Crippen LogP contribution is -2.36. The van der Waals surface area contributed by atoms with Crippen LogP contribution < -0.4 is 5.69 Å². The van der Waals surface area contributed by atoms with Gasteiger partial charge in [0.05, 0.1) is 6.54 Å². The zero-order valence-electron chi connectivity index (χ0n) is 7.08. The highest BCUT2D eigenvalue weighted by molar-refractivity contribution is 4.89. The fraction of sp³-hybridized carbons (Fsp3) is 0.714. The van der Waals surface area contributed by atoms with Gasteiger partial charge in [0.2, 0.25) is 0 Å². The lowest BCUT2D eigenvalue weighted by atomic mass is 10.3. The molecule has 0 aromatic carbocycles. The third-order valence-corrected chi connectivity index (χ3v) is 2.29.